The maximum absolute atomic E-state index is 12.7. The maximum atomic E-state index is 12.7. The Morgan fingerprint density at radius 1 is 1.16 bits per heavy atom. The van der Waals surface area contributed by atoms with E-state index in [0.717, 1.165) is 44.2 Å². The zero-order valence-electron chi connectivity index (χ0n) is 17.9. The van der Waals surface area contributed by atoms with Gasteiger partial charge in [-0.25, -0.2) is 0 Å². The molecule has 1 saturated carbocycles. The molecule has 1 aliphatic carbocycles. The van der Waals surface area contributed by atoms with Crippen LogP contribution < -0.4 is 15.4 Å². The lowest BCUT2D eigenvalue weighted by Crippen LogP contribution is -2.45. The van der Waals surface area contributed by atoms with Crippen molar-refractivity contribution in [2.24, 2.45) is 10.9 Å². The minimum absolute atomic E-state index is 0.150. The first-order valence-electron chi connectivity index (χ1n) is 10.9. The second kappa shape index (κ2) is 10.7. The quantitative estimate of drug-likeness (QED) is 0.525. The molecule has 1 atom stereocenters. The Hall–Kier alpha value is -2.45. The van der Waals surface area contributed by atoms with E-state index in [9.17, 15) is 18.0 Å². The zero-order valence-corrected chi connectivity index (χ0v) is 17.9. The third kappa shape index (κ3) is 7.33. The Balaban J connectivity index is 1.42. The molecule has 31 heavy (non-hydrogen) atoms. The van der Waals surface area contributed by atoms with Crippen molar-refractivity contribution in [3.05, 3.63) is 29.8 Å². The lowest BCUT2D eigenvalue weighted by molar-refractivity contribution is -0.153. The van der Waals surface area contributed by atoms with Gasteiger partial charge < -0.3 is 20.3 Å². The van der Waals surface area contributed by atoms with Crippen molar-refractivity contribution in [3.63, 3.8) is 0 Å². The van der Waals surface area contributed by atoms with Gasteiger partial charge in [0.1, 0.15) is 5.75 Å². The summed E-state index contributed by atoms with van der Waals surface area (Å²) in [5.74, 6) is 1.29. The van der Waals surface area contributed by atoms with Gasteiger partial charge in [0.25, 0.3) is 0 Å². The van der Waals surface area contributed by atoms with Crippen LogP contribution >= 0.6 is 0 Å². The number of aliphatic imine (C=N–C) groups is 1. The van der Waals surface area contributed by atoms with Crippen molar-refractivity contribution in [2.75, 3.05) is 26.7 Å². The number of carbonyl (C=O) groups excluding carboxylic acids is 1. The Morgan fingerprint density at radius 3 is 2.52 bits per heavy atom. The lowest BCUT2D eigenvalue weighted by Gasteiger charge is -2.26. The summed E-state index contributed by atoms with van der Waals surface area (Å²) in [6, 6.07) is 6.62. The van der Waals surface area contributed by atoms with Crippen molar-refractivity contribution in [2.45, 2.75) is 57.3 Å². The molecule has 172 valence electrons. The van der Waals surface area contributed by atoms with Gasteiger partial charge in [-0.15, -0.1) is 0 Å². The summed E-state index contributed by atoms with van der Waals surface area (Å²) >= 11 is 0. The second-order valence-corrected chi connectivity index (χ2v) is 8.22. The fraction of sp³-hybridized carbons (Fsp3) is 0.636. The van der Waals surface area contributed by atoms with Gasteiger partial charge in [-0.05, 0) is 37.0 Å². The minimum atomic E-state index is -4.35. The number of benzene rings is 1. The highest BCUT2D eigenvalue weighted by atomic mass is 19.4. The average Bonchev–Trinajstić information content (AvgIpc) is 3.24. The molecule has 6 nitrogen and oxygen atoms in total. The van der Waals surface area contributed by atoms with E-state index in [0.29, 0.717) is 25.0 Å². The van der Waals surface area contributed by atoms with Gasteiger partial charge in [0.15, 0.2) is 12.6 Å². The fourth-order valence-electron chi connectivity index (χ4n) is 4.13. The van der Waals surface area contributed by atoms with Crippen LogP contribution in [-0.2, 0) is 11.3 Å². The number of likely N-dealkylation sites (tertiary alicyclic amines) is 1. The van der Waals surface area contributed by atoms with Crippen LogP contribution in [0.4, 0.5) is 13.2 Å². The van der Waals surface area contributed by atoms with E-state index in [1.807, 2.05) is 4.90 Å². The van der Waals surface area contributed by atoms with Gasteiger partial charge >= 0.3 is 6.18 Å². The number of nitrogens with zero attached hydrogens (tertiary/aromatic N) is 2. The Bertz CT molecular complexity index is 746. The standard InChI is InChI=1S/C22H31F3N4O2/c1-26-21(27-13-16-7-9-19(10-8-16)31-15-22(23,24)25)28-18-11-12-29(14-18)20(30)17-5-3-2-4-6-17/h7-10,17-18H,2-6,11-15H2,1H3,(H2,26,27,28). The van der Waals surface area contributed by atoms with Crippen LogP contribution in [0.15, 0.2) is 29.3 Å². The van der Waals surface area contributed by atoms with Crippen molar-refractivity contribution >= 4 is 11.9 Å². The smallest absolute Gasteiger partial charge is 0.422 e. The van der Waals surface area contributed by atoms with Crippen LogP contribution in [0.3, 0.4) is 0 Å². The summed E-state index contributed by atoms with van der Waals surface area (Å²) < 4.78 is 41.4. The summed E-state index contributed by atoms with van der Waals surface area (Å²) in [6.45, 7) is 0.615. The molecule has 2 aliphatic rings. The summed E-state index contributed by atoms with van der Waals surface area (Å²) in [4.78, 5) is 18.9. The number of guanidine groups is 1. The van der Waals surface area contributed by atoms with Gasteiger partial charge in [0.2, 0.25) is 5.91 Å². The number of amides is 1. The number of alkyl halides is 3. The number of carbonyl (C=O) groups is 1. The largest absolute Gasteiger partial charge is 0.484 e. The predicted molar refractivity (Wildman–Crippen MR) is 113 cm³/mol. The summed E-state index contributed by atoms with van der Waals surface area (Å²) in [5, 5.41) is 6.58. The van der Waals surface area contributed by atoms with Crippen LogP contribution in [0, 0.1) is 5.92 Å². The van der Waals surface area contributed by atoms with Gasteiger partial charge in [0, 0.05) is 38.6 Å². The maximum Gasteiger partial charge on any atom is 0.422 e. The van der Waals surface area contributed by atoms with Crippen LogP contribution in [-0.4, -0.2) is 55.7 Å². The van der Waals surface area contributed by atoms with E-state index in [4.69, 9.17) is 4.74 Å². The SMILES string of the molecule is CN=C(NCc1ccc(OCC(F)(F)F)cc1)NC1CCN(C(=O)C2CCCCC2)C1. The molecule has 3 rings (SSSR count). The Kier molecular flexibility index (Phi) is 8.03. The average molecular weight is 441 g/mol. The molecule has 9 heteroatoms. The minimum Gasteiger partial charge on any atom is -0.484 e. The zero-order chi connectivity index (χ0) is 22.3. The molecule has 2 N–H and O–H groups in total. The van der Waals surface area contributed by atoms with Crippen LogP contribution in [0.2, 0.25) is 0 Å². The summed E-state index contributed by atoms with van der Waals surface area (Å²) in [5.41, 5.74) is 0.892. The first-order valence-corrected chi connectivity index (χ1v) is 10.9. The first kappa shape index (κ1) is 23.2. The third-order valence-corrected chi connectivity index (χ3v) is 5.80. The molecule has 2 fully saturated rings. The monoisotopic (exact) mass is 440 g/mol. The topological polar surface area (TPSA) is 66.0 Å². The Morgan fingerprint density at radius 2 is 1.87 bits per heavy atom. The lowest BCUT2D eigenvalue weighted by atomic mass is 9.88. The van der Waals surface area contributed by atoms with Gasteiger partial charge in [0.05, 0.1) is 0 Å². The molecule has 1 aromatic carbocycles. The predicted octanol–water partition coefficient (Wildman–Crippen LogP) is 3.47. The molecule has 1 aromatic rings. The first-order chi connectivity index (χ1) is 14.8. The number of nitrogens with one attached hydrogen (secondary N) is 2. The van der Waals surface area contributed by atoms with Crippen molar-refractivity contribution in [1.82, 2.24) is 15.5 Å². The van der Waals surface area contributed by atoms with E-state index in [2.05, 4.69) is 15.6 Å². The van der Waals surface area contributed by atoms with Gasteiger partial charge in [-0.3, -0.25) is 9.79 Å². The third-order valence-electron chi connectivity index (χ3n) is 5.80. The number of halogens is 3. The number of rotatable bonds is 6. The molecule has 1 unspecified atom stereocenters. The van der Waals surface area contributed by atoms with Crippen LogP contribution in [0.25, 0.3) is 0 Å². The molecule has 0 aromatic heterocycles. The molecular weight excluding hydrogens is 409 g/mol. The van der Waals surface area contributed by atoms with Crippen LogP contribution in [0.1, 0.15) is 44.1 Å². The van der Waals surface area contributed by atoms with E-state index < -0.39 is 12.8 Å². The number of ether oxygens (including phenoxy) is 1. The molecule has 1 heterocycles. The molecule has 0 radical (unpaired) electrons. The number of hydrogen-bond donors (Lipinski definition) is 2. The second-order valence-electron chi connectivity index (χ2n) is 8.22. The normalized spacial score (nSPS) is 20.6. The molecule has 1 saturated heterocycles. The van der Waals surface area contributed by atoms with Crippen LogP contribution in [0.5, 0.6) is 5.75 Å². The fourth-order valence-corrected chi connectivity index (χ4v) is 4.13. The van der Waals surface area contributed by atoms with Crippen molar-refractivity contribution in [1.29, 1.82) is 0 Å². The molecular formula is C22H31F3N4O2. The van der Waals surface area contributed by atoms with Gasteiger partial charge in [-0.1, -0.05) is 31.4 Å². The molecule has 0 bridgehead atoms. The highest BCUT2D eigenvalue weighted by Crippen LogP contribution is 2.26. The Labute approximate surface area is 181 Å². The van der Waals surface area contributed by atoms with E-state index in [1.54, 1.807) is 19.2 Å². The highest BCUT2D eigenvalue weighted by Gasteiger charge is 2.32. The van der Waals surface area contributed by atoms with Crippen molar-refractivity contribution in [3.8, 4) is 5.75 Å². The van der Waals surface area contributed by atoms with E-state index in [-0.39, 0.29) is 17.7 Å². The van der Waals surface area contributed by atoms with E-state index >= 15 is 0 Å². The molecule has 1 aliphatic heterocycles. The van der Waals surface area contributed by atoms with E-state index in [1.165, 1.54) is 18.6 Å². The summed E-state index contributed by atoms with van der Waals surface area (Å²) in [6.07, 6.45) is 2.09. The van der Waals surface area contributed by atoms with Gasteiger partial charge in [-0.2, -0.15) is 13.2 Å². The molecule has 0 spiro atoms. The highest BCUT2D eigenvalue weighted by molar-refractivity contribution is 5.81. The van der Waals surface area contributed by atoms with Crippen molar-refractivity contribution < 1.29 is 22.7 Å². The summed E-state index contributed by atoms with van der Waals surface area (Å²) in [7, 11) is 1.68. The number of hydrogen-bond acceptors (Lipinski definition) is 3. The molecule has 1 amide bonds.